The summed E-state index contributed by atoms with van der Waals surface area (Å²) in [5.74, 6) is -0.494. The molecule has 0 bridgehead atoms. The fraction of sp³-hybridized carbons (Fsp3) is 0.727. The molecule has 0 spiro atoms. The monoisotopic (exact) mass is 408 g/mol. The van der Waals surface area contributed by atoms with E-state index in [1.54, 1.807) is 0 Å². The predicted molar refractivity (Wildman–Crippen MR) is 104 cm³/mol. The molecule has 5 atom stereocenters. The molecule has 3 fully saturated rings. The number of rotatable bonds is 6. The summed E-state index contributed by atoms with van der Waals surface area (Å²) in [6, 6.07) is 7.93. The lowest BCUT2D eigenvalue weighted by Crippen LogP contribution is -2.44. The van der Waals surface area contributed by atoms with Crippen molar-refractivity contribution in [3.8, 4) is 5.75 Å². The van der Waals surface area contributed by atoms with Gasteiger partial charge in [0.05, 0.1) is 19.3 Å². The highest BCUT2D eigenvalue weighted by Crippen LogP contribution is 2.42. The van der Waals surface area contributed by atoms with Crippen molar-refractivity contribution in [2.45, 2.75) is 96.5 Å². The summed E-state index contributed by atoms with van der Waals surface area (Å²) in [6.07, 6.45) is -1.54. The molecule has 3 aliphatic heterocycles. The van der Waals surface area contributed by atoms with Crippen molar-refractivity contribution in [1.82, 2.24) is 0 Å². The van der Waals surface area contributed by atoms with Crippen LogP contribution in [0.5, 0.6) is 5.75 Å². The van der Waals surface area contributed by atoms with Gasteiger partial charge in [-0.3, -0.25) is 0 Å². The Morgan fingerprint density at radius 3 is 2.31 bits per heavy atom. The van der Waals surface area contributed by atoms with Gasteiger partial charge in [0.15, 0.2) is 17.9 Å². The molecule has 7 heteroatoms. The van der Waals surface area contributed by atoms with Crippen molar-refractivity contribution >= 4 is 0 Å². The summed E-state index contributed by atoms with van der Waals surface area (Å²) < 4.78 is 41.9. The lowest BCUT2D eigenvalue weighted by molar-refractivity contribution is -0.236. The zero-order chi connectivity index (χ0) is 20.8. The van der Waals surface area contributed by atoms with Crippen LogP contribution in [0.4, 0.5) is 0 Å². The first-order chi connectivity index (χ1) is 13.6. The molecular weight excluding hydrogens is 376 g/mol. The Morgan fingerprint density at radius 1 is 0.966 bits per heavy atom. The summed E-state index contributed by atoms with van der Waals surface area (Å²) in [5, 5.41) is 0. The molecule has 4 rings (SSSR count). The van der Waals surface area contributed by atoms with Gasteiger partial charge in [0.25, 0.3) is 0 Å². The Kier molecular flexibility index (Phi) is 5.65. The van der Waals surface area contributed by atoms with Gasteiger partial charge in [-0.15, -0.1) is 0 Å². The molecule has 7 nitrogen and oxygen atoms in total. The maximum Gasteiger partial charge on any atom is 0.190 e. The standard InChI is InChI=1S/C22H32O7/c1-13(2)25-15-9-7-14(8-10-15)11-23-18-17(16-12-24-21(3,4)27-16)26-20-19(18)28-22(5,6)29-20/h7-10,13,16-20H,11-12H2,1-6H3/t16-,17-,18-,19-,20+/m1/s1. The Bertz CT molecular complexity index is 700. The third-order valence-electron chi connectivity index (χ3n) is 5.16. The molecule has 1 aromatic rings. The summed E-state index contributed by atoms with van der Waals surface area (Å²) in [6.45, 7) is 12.5. The number of fused-ring (bicyclic) bond motifs is 1. The van der Waals surface area contributed by atoms with Crippen molar-refractivity contribution in [2.24, 2.45) is 0 Å². The zero-order valence-electron chi connectivity index (χ0n) is 18.0. The van der Waals surface area contributed by atoms with Gasteiger partial charge in [-0.2, -0.15) is 0 Å². The van der Waals surface area contributed by atoms with Crippen LogP contribution in [-0.4, -0.2) is 55.0 Å². The molecule has 0 radical (unpaired) electrons. The summed E-state index contributed by atoms with van der Waals surface area (Å²) in [7, 11) is 0. The average Bonchev–Trinajstić information content (AvgIpc) is 3.23. The summed E-state index contributed by atoms with van der Waals surface area (Å²) in [4.78, 5) is 0. The highest BCUT2D eigenvalue weighted by Gasteiger charge is 2.58. The van der Waals surface area contributed by atoms with Crippen LogP contribution in [0.15, 0.2) is 24.3 Å². The van der Waals surface area contributed by atoms with Crippen molar-refractivity contribution in [3.05, 3.63) is 29.8 Å². The molecule has 29 heavy (non-hydrogen) atoms. The van der Waals surface area contributed by atoms with Crippen LogP contribution in [0.25, 0.3) is 0 Å². The van der Waals surface area contributed by atoms with Gasteiger partial charge in [-0.25, -0.2) is 0 Å². The first kappa shape index (κ1) is 21.0. The van der Waals surface area contributed by atoms with Crippen molar-refractivity contribution in [3.63, 3.8) is 0 Å². The van der Waals surface area contributed by atoms with Gasteiger partial charge in [0.1, 0.15) is 30.2 Å². The fourth-order valence-corrected chi connectivity index (χ4v) is 4.00. The number of hydrogen-bond acceptors (Lipinski definition) is 7. The second-order valence-corrected chi connectivity index (χ2v) is 9.02. The van der Waals surface area contributed by atoms with E-state index in [2.05, 4.69) is 0 Å². The van der Waals surface area contributed by atoms with E-state index in [0.29, 0.717) is 13.2 Å². The number of ether oxygens (including phenoxy) is 7. The van der Waals surface area contributed by atoms with Crippen molar-refractivity contribution < 1.29 is 33.2 Å². The summed E-state index contributed by atoms with van der Waals surface area (Å²) in [5.41, 5.74) is 1.05. The van der Waals surface area contributed by atoms with Crippen LogP contribution in [0.1, 0.15) is 47.1 Å². The molecule has 3 heterocycles. The molecule has 0 unspecified atom stereocenters. The highest BCUT2D eigenvalue weighted by atomic mass is 16.8. The number of hydrogen-bond donors (Lipinski definition) is 0. The van der Waals surface area contributed by atoms with E-state index in [-0.39, 0.29) is 30.5 Å². The molecule has 0 N–H and O–H groups in total. The van der Waals surface area contributed by atoms with Gasteiger partial charge in [-0.1, -0.05) is 12.1 Å². The van der Waals surface area contributed by atoms with Crippen molar-refractivity contribution in [2.75, 3.05) is 6.61 Å². The topological polar surface area (TPSA) is 64.6 Å². The van der Waals surface area contributed by atoms with Gasteiger partial charge in [0, 0.05) is 0 Å². The predicted octanol–water partition coefficient (Wildman–Crippen LogP) is 3.39. The van der Waals surface area contributed by atoms with E-state index in [0.717, 1.165) is 11.3 Å². The average molecular weight is 408 g/mol. The van der Waals surface area contributed by atoms with Crippen LogP contribution in [-0.2, 0) is 35.0 Å². The molecule has 1 aromatic carbocycles. The van der Waals surface area contributed by atoms with Crippen molar-refractivity contribution in [1.29, 1.82) is 0 Å². The van der Waals surface area contributed by atoms with E-state index in [9.17, 15) is 0 Å². The van der Waals surface area contributed by atoms with Gasteiger partial charge < -0.3 is 33.2 Å². The molecule has 0 saturated carbocycles. The summed E-state index contributed by atoms with van der Waals surface area (Å²) >= 11 is 0. The maximum absolute atomic E-state index is 6.30. The lowest BCUT2D eigenvalue weighted by atomic mass is 10.1. The Balaban J connectivity index is 1.44. The minimum atomic E-state index is -0.704. The minimum absolute atomic E-state index is 0.145. The third kappa shape index (κ3) is 4.76. The van der Waals surface area contributed by atoms with E-state index in [4.69, 9.17) is 33.2 Å². The van der Waals surface area contributed by atoms with E-state index < -0.39 is 17.9 Å². The van der Waals surface area contributed by atoms with E-state index in [1.165, 1.54) is 0 Å². The molecule has 3 aliphatic rings. The molecular formula is C22H32O7. The molecule has 0 aromatic heterocycles. The first-order valence-corrected chi connectivity index (χ1v) is 10.3. The molecule has 0 aliphatic carbocycles. The number of benzene rings is 1. The highest BCUT2D eigenvalue weighted by molar-refractivity contribution is 5.27. The molecule has 3 saturated heterocycles. The Morgan fingerprint density at radius 2 is 1.69 bits per heavy atom. The van der Waals surface area contributed by atoms with Crippen LogP contribution >= 0.6 is 0 Å². The smallest absolute Gasteiger partial charge is 0.190 e. The van der Waals surface area contributed by atoms with Crippen LogP contribution in [0, 0.1) is 0 Å². The fourth-order valence-electron chi connectivity index (χ4n) is 4.00. The van der Waals surface area contributed by atoms with Crippen LogP contribution in [0.3, 0.4) is 0 Å². The van der Waals surface area contributed by atoms with Crippen LogP contribution < -0.4 is 4.74 Å². The van der Waals surface area contributed by atoms with Crippen LogP contribution in [0.2, 0.25) is 0 Å². The second kappa shape index (κ2) is 7.80. The largest absolute Gasteiger partial charge is 0.491 e. The lowest BCUT2D eigenvalue weighted by Gasteiger charge is -2.29. The third-order valence-corrected chi connectivity index (χ3v) is 5.16. The van der Waals surface area contributed by atoms with Gasteiger partial charge in [-0.05, 0) is 59.2 Å². The molecule has 0 amide bonds. The Labute approximate surface area is 172 Å². The normalized spacial score (nSPS) is 35.2. The molecule has 162 valence electrons. The van der Waals surface area contributed by atoms with E-state index >= 15 is 0 Å². The zero-order valence-corrected chi connectivity index (χ0v) is 18.0. The first-order valence-electron chi connectivity index (χ1n) is 10.3. The Hall–Kier alpha value is -1.22. The minimum Gasteiger partial charge on any atom is -0.491 e. The van der Waals surface area contributed by atoms with Gasteiger partial charge >= 0.3 is 0 Å². The SMILES string of the molecule is CC(C)Oc1ccc(CO[C@H]2[C@H]3OC(C)(C)O[C@@H]3O[C@@H]2[C@H]2COC(C)(C)O2)cc1. The maximum atomic E-state index is 6.30. The van der Waals surface area contributed by atoms with E-state index in [1.807, 2.05) is 65.8 Å². The second-order valence-electron chi connectivity index (χ2n) is 9.02. The van der Waals surface area contributed by atoms with Gasteiger partial charge in [0.2, 0.25) is 0 Å². The quantitative estimate of drug-likeness (QED) is 0.715.